The molecule has 1 aliphatic carbocycles. The number of hydrogen-bond donors (Lipinski definition) is 1. The molecular weight excluding hydrogens is 178 g/mol. The molecule has 3 nitrogen and oxygen atoms in total. The molecule has 1 N–H and O–H groups in total. The fourth-order valence-corrected chi connectivity index (χ4v) is 1.81. The maximum atomic E-state index is 11.4. The van der Waals surface area contributed by atoms with E-state index < -0.39 is 0 Å². The van der Waals surface area contributed by atoms with Crippen molar-refractivity contribution in [3.8, 4) is 0 Å². The zero-order valence-electron chi connectivity index (χ0n) is 9.59. The maximum Gasteiger partial charge on any atom is 0.322 e. The van der Waals surface area contributed by atoms with E-state index in [0.717, 1.165) is 5.92 Å². The molecule has 0 radical (unpaired) electrons. The van der Waals surface area contributed by atoms with Crippen LogP contribution in [0.4, 0.5) is 0 Å². The SMILES string of the molecule is CCOC(=O)C(C)NC(C)(C)C1CC1. The van der Waals surface area contributed by atoms with Crippen LogP contribution in [-0.2, 0) is 9.53 Å². The lowest BCUT2D eigenvalue weighted by Gasteiger charge is -2.29. The minimum Gasteiger partial charge on any atom is -0.465 e. The van der Waals surface area contributed by atoms with Crippen molar-refractivity contribution in [3.05, 3.63) is 0 Å². The highest BCUT2D eigenvalue weighted by Gasteiger charge is 2.39. The molecule has 1 rings (SSSR count). The molecule has 1 unspecified atom stereocenters. The van der Waals surface area contributed by atoms with E-state index in [0.29, 0.717) is 6.61 Å². The number of ether oxygens (including phenoxy) is 1. The summed E-state index contributed by atoms with van der Waals surface area (Å²) in [4.78, 5) is 11.4. The summed E-state index contributed by atoms with van der Waals surface area (Å²) >= 11 is 0. The predicted octanol–water partition coefficient (Wildman–Crippen LogP) is 1.72. The summed E-state index contributed by atoms with van der Waals surface area (Å²) in [6.45, 7) is 8.45. The van der Waals surface area contributed by atoms with Gasteiger partial charge < -0.3 is 4.74 Å². The number of carbonyl (C=O) groups is 1. The van der Waals surface area contributed by atoms with E-state index >= 15 is 0 Å². The summed E-state index contributed by atoms with van der Waals surface area (Å²) in [7, 11) is 0. The monoisotopic (exact) mass is 199 g/mol. The Morgan fingerprint density at radius 2 is 2.14 bits per heavy atom. The number of nitrogens with one attached hydrogen (secondary N) is 1. The van der Waals surface area contributed by atoms with Crippen LogP contribution in [0.25, 0.3) is 0 Å². The predicted molar refractivity (Wildman–Crippen MR) is 56.0 cm³/mol. The highest BCUT2D eigenvalue weighted by Crippen LogP contribution is 2.39. The first-order valence-corrected chi connectivity index (χ1v) is 5.41. The lowest BCUT2D eigenvalue weighted by molar-refractivity contribution is -0.145. The number of esters is 1. The third-order valence-corrected chi connectivity index (χ3v) is 2.83. The van der Waals surface area contributed by atoms with Gasteiger partial charge in [0.05, 0.1) is 6.61 Å². The summed E-state index contributed by atoms with van der Waals surface area (Å²) in [5, 5.41) is 3.33. The fraction of sp³-hybridized carbons (Fsp3) is 0.909. The third kappa shape index (κ3) is 2.98. The minimum absolute atomic E-state index is 0.0617. The van der Waals surface area contributed by atoms with Gasteiger partial charge in [-0.1, -0.05) is 0 Å². The molecule has 0 bridgehead atoms. The molecule has 0 amide bonds. The first-order valence-electron chi connectivity index (χ1n) is 5.41. The van der Waals surface area contributed by atoms with Crippen LogP contribution in [0.2, 0.25) is 0 Å². The first kappa shape index (κ1) is 11.5. The second kappa shape index (κ2) is 4.30. The van der Waals surface area contributed by atoms with E-state index in [1.807, 2.05) is 13.8 Å². The van der Waals surface area contributed by atoms with Gasteiger partial charge in [0.25, 0.3) is 0 Å². The molecule has 0 heterocycles. The maximum absolute atomic E-state index is 11.4. The van der Waals surface area contributed by atoms with Crippen molar-refractivity contribution in [3.63, 3.8) is 0 Å². The summed E-state index contributed by atoms with van der Waals surface area (Å²) < 4.78 is 4.95. The summed E-state index contributed by atoms with van der Waals surface area (Å²) in [6.07, 6.45) is 2.55. The van der Waals surface area contributed by atoms with Crippen LogP contribution in [-0.4, -0.2) is 24.2 Å². The van der Waals surface area contributed by atoms with E-state index in [1.54, 1.807) is 0 Å². The van der Waals surface area contributed by atoms with Gasteiger partial charge in [-0.05, 0) is 46.5 Å². The molecule has 0 aromatic rings. The molecule has 14 heavy (non-hydrogen) atoms. The smallest absolute Gasteiger partial charge is 0.322 e. The quantitative estimate of drug-likeness (QED) is 0.685. The highest BCUT2D eigenvalue weighted by atomic mass is 16.5. The summed E-state index contributed by atoms with van der Waals surface area (Å²) in [5.41, 5.74) is 0.0617. The Morgan fingerprint density at radius 3 is 2.57 bits per heavy atom. The van der Waals surface area contributed by atoms with Crippen LogP contribution in [0.5, 0.6) is 0 Å². The fourth-order valence-electron chi connectivity index (χ4n) is 1.81. The molecule has 1 atom stereocenters. The minimum atomic E-state index is -0.203. The van der Waals surface area contributed by atoms with Crippen molar-refractivity contribution < 1.29 is 9.53 Å². The van der Waals surface area contributed by atoms with Gasteiger partial charge in [-0.25, -0.2) is 0 Å². The van der Waals surface area contributed by atoms with E-state index in [2.05, 4.69) is 19.2 Å². The van der Waals surface area contributed by atoms with Crippen molar-refractivity contribution in [2.45, 2.75) is 52.1 Å². The van der Waals surface area contributed by atoms with Crippen molar-refractivity contribution in [2.75, 3.05) is 6.61 Å². The molecule has 3 heteroatoms. The van der Waals surface area contributed by atoms with E-state index in [9.17, 15) is 4.79 Å². The van der Waals surface area contributed by atoms with Crippen molar-refractivity contribution in [1.82, 2.24) is 5.32 Å². The van der Waals surface area contributed by atoms with E-state index in [1.165, 1.54) is 12.8 Å². The summed E-state index contributed by atoms with van der Waals surface area (Å²) in [6, 6.07) is -0.203. The van der Waals surface area contributed by atoms with Gasteiger partial charge in [-0.15, -0.1) is 0 Å². The van der Waals surface area contributed by atoms with Crippen LogP contribution >= 0.6 is 0 Å². The first-order chi connectivity index (χ1) is 6.47. The van der Waals surface area contributed by atoms with Crippen molar-refractivity contribution in [2.24, 2.45) is 5.92 Å². The van der Waals surface area contributed by atoms with Gasteiger partial charge in [0.2, 0.25) is 0 Å². The van der Waals surface area contributed by atoms with Crippen LogP contribution in [0.3, 0.4) is 0 Å². The topological polar surface area (TPSA) is 38.3 Å². The number of carbonyl (C=O) groups excluding carboxylic acids is 1. The molecule has 0 aliphatic heterocycles. The van der Waals surface area contributed by atoms with Crippen LogP contribution in [0.1, 0.15) is 40.5 Å². The molecule has 1 fully saturated rings. The van der Waals surface area contributed by atoms with Crippen molar-refractivity contribution in [1.29, 1.82) is 0 Å². The molecule has 0 spiro atoms. The Hall–Kier alpha value is -0.570. The standard InChI is InChI=1S/C11H21NO2/c1-5-14-10(13)8(2)12-11(3,4)9-6-7-9/h8-9,12H,5-7H2,1-4H3. The molecule has 1 saturated carbocycles. The number of rotatable bonds is 5. The second-order valence-corrected chi connectivity index (χ2v) is 4.61. The Morgan fingerprint density at radius 1 is 1.57 bits per heavy atom. The van der Waals surface area contributed by atoms with Gasteiger partial charge in [0.1, 0.15) is 6.04 Å². The normalized spacial score (nSPS) is 19.1. The molecule has 1 aliphatic rings. The Balaban J connectivity index is 2.38. The Kier molecular flexibility index (Phi) is 3.53. The van der Waals surface area contributed by atoms with Crippen LogP contribution in [0.15, 0.2) is 0 Å². The van der Waals surface area contributed by atoms with Gasteiger partial charge in [0, 0.05) is 5.54 Å². The zero-order chi connectivity index (χ0) is 10.8. The number of hydrogen-bond acceptors (Lipinski definition) is 3. The Labute approximate surface area is 86.2 Å². The molecule has 0 aromatic carbocycles. The van der Waals surface area contributed by atoms with E-state index in [4.69, 9.17) is 4.74 Å². The largest absolute Gasteiger partial charge is 0.465 e. The van der Waals surface area contributed by atoms with Crippen LogP contribution < -0.4 is 5.32 Å². The van der Waals surface area contributed by atoms with Gasteiger partial charge in [-0.3, -0.25) is 10.1 Å². The van der Waals surface area contributed by atoms with Crippen LogP contribution in [0, 0.1) is 5.92 Å². The molecule has 82 valence electrons. The third-order valence-electron chi connectivity index (χ3n) is 2.83. The summed E-state index contributed by atoms with van der Waals surface area (Å²) in [5.74, 6) is 0.570. The lowest BCUT2D eigenvalue weighted by Crippen LogP contribution is -2.50. The molecular formula is C11H21NO2. The van der Waals surface area contributed by atoms with E-state index in [-0.39, 0.29) is 17.6 Å². The second-order valence-electron chi connectivity index (χ2n) is 4.61. The highest BCUT2D eigenvalue weighted by molar-refractivity contribution is 5.75. The van der Waals surface area contributed by atoms with Crippen molar-refractivity contribution >= 4 is 5.97 Å². The average Bonchev–Trinajstić information content (AvgIpc) is 2.85. The lowest BCUT2D eigenvalue weighted by atomic mass is 9.97. The zero-order valence-corrected chi connectivity index (χ0v) is 9.59. The average molecular weight is 199 g/mol. The molecule has 0 saturated heterocycles. The molecule has 0 aromatic heterocycles. The van der Waals surface area contributed by atoms with Gasteiger partial charge in [-0.2, -0.15) is 0 Å². The Bertz CT molecular complexity index is 209. The van der Waals surface area contributed by atoms with Gasteiger partial charge >= 0.3 is 5.97 Å². The van der Waals surface area contributed by atoms with Gasteiger partial charge in [0.15, 0.2) is 0 Å².